The van der Waals surface area contributed by atoms with E-state index in [1.54, 1.807) is 0 Å². The first-order chi connectivity index (χ1) is 15.1. The van der Waals surface area contributed by atoms with Crippen LogP contribution in [-0.4, -0.2) is 30.5 Å². The first-order valence-corrected chi connectivity index (χ1v) is 11.4. The lowest BCUT2D eigenvalue weighted by Crippen LogP contribution is -2.30. The van der Waals surface area contributed by atoms with Crippen molar-refractivity contribution in [3.8, 4) is 16.9 Å². The Balaban J connectivity index is 2.47. The second-order valence-corrected chi connectivity index (χ2v) is 10.2. The Labute approximate surface area is 197 Å². The van der Waals surface area contributed by atoms with Crippen molar-refractivity contribution in [2.45, 2.75) is 31.9 Å². The molecule has 0 unspecified atom stereocenters. The van der Waals surface area contributed by atoms with Crippen LogP contribution in [0, 0.1) is 0 Å². The van der Waals surface area contributed by atoms with Gasteiger partial charge in [0, 0.05) is 21.0 Å². The SMILES string of the molecule is CC(C)(C)OC(=O)c1nc2ccc(Cl)cc2c(-c2cccc(Cl)c2)c1OS(=O)(=O)C(F)(F)F. The Morgan fingerprint density at radius 2 is 1.64 bits per heavy atom. The molecule has 0 amide bonds. The van der Waals surface area contributed by atoms with Crippen LogP contribution in [0.3, 0.4) is 0 Å². The van der Waals surface area contributed by atoms with Gasteiger partial charge in [-0.05, 0) is 56.7 Å². The topological polar surface area (TPSA) is 82.6 Å². The molecule has 1 aromatic heterocycles. The van der Waals surface area contributed by atoms with Gasteiger partial charge in [-0.15, -0.1) is 0 Å². The third kappa shape index (κ3) is 5.51. The highest BCUT2D eigenvalue weighted by molar-refractivity contribution is 7.88. The summed E-state index contributed by atoms with van der Waals surface area (Å²) in [6, 6.07) is 10.0. The molecule has 2 aromatic carbocycles. The van der Waals surface area contributed by atoms with Gasteiger partial charge < -0.3 is 8.92 Å². The average Bonchev–Trinajstić information content (AvgIpc) is 2.64. The molecular weight excluding hydrogens is 506 g/mol. The average molecular weight is 522 g/mol. The fraction of sp³-hybridized carbons (Fsp3) is 0.238. The summed E-state index contributed by atoms with van der Waals surface area (Å²) in [5.74, 6) is -2.14. The van der Waals surface area contributed by atoms with E-state index >= 15 is 0 Å². The van der Waals surface area contributed by atoms with Gasteiger partial charge in [0.2, 0.25) is 0 Å². The first kappa shape index (κ1) is 25.1. The van der Waals surface area contributed by atoms with Crippen LogP contribution in [0.1, 0.15) is 31.3 Å². The van der Waals surface area contributed by atoms with Crippen LogP contribution in [0.4, 0.5) is 13.2 Å². The number of ether oxygens (including phenoxy) is 1. The standard InChI is InChI=1S/C21H16Cl2F3NO5S/c1-20(2,3)31-19(28)17-18(32-33(29,30)21(24,25)26)16(11-5-4-6-12(22)9-11)14-10-13(23)7-8-15(14)27-17/h4-10H,1-3H3. The molecule has 1 heterocycles. The smallest absolute Gasteiger partial charge is 0.455 e. The maximum absolute atomic E-state index is 13.2. The summed E-state index contributed by atoms with van der Waals surface area (Å²) in [5, 5.41) is 0.509. The van der Waals surface area contributed by atoms with Gasteiger partial charge in [-0.3, -0.25) is 0 Å². The lowest BCUT2D eigenvalue weighted by atomic mass is 9.98. The number of benzene rings is 2. The number of pyridine rings is 1. The molecule has 33 heavy (non-hydrogen) atoms. The largest absolute Gasteiger partial charge is 0.534 e. The summed E-state index contributed by atoms with van der Waals surface area (Å²) in [4.78, 5) is 16.9. The van der Waals surface area contributed by atoms with E-state index in [0.717, 1.165) is 0 Å². The lowest BCUT2D eigenvalue weighted by Gasteiger charge is -2.22. The van der Waals surface area contributed by atoms with Crippen molar-refractivity contribution in [2.24, 2.45) is 0 Å². The van der Waals surface area contributed by atoms with E-state index in [2.05, 4.69) is 9.17 Å². The first-order valence-electron chi connectivity index (χ1n) is 9.22. The molecule has 0 N–H and O–H groups in total. The molecular formula is C21H16Cl2F3NO5S. The summed E-state index contributed by atoms with van der Waals surface area (Å²) in [5.41, 5.74) is -7.49. The molecule has 0 bridgehead atoms. The predicted octanol–water partition coefficient (Wildman–Crippen LogP) is 6.39. The zero-order chi connectivity index (χ0) is 24.8. The van der Waals surface area contributed by atoms with Gasteiger partial charge in [0.25, 0.3) is 0 Å². The Hall–Kier alpha value is -2.56. The molecule has 0 aliphatic rings. The summed E-state index contributed by atoms with van der Waals surface area (Å²) in [6.45, 7) is 4.57. The molecule has 176 valence electrons. The number of nitrogens with zero attached hydrogens (tertiary/aromatic N) is 1. The number of hydrogen-bond acceptors (Lipinski definition) is 6. The molecule has 3 rings (SSSR count). The summed E-state index contributed by atoms with van der Waals surface area (Å²) in [7, 11) is -6.18. The lowest BCUT2D eigenvalue weighted by molar-refractivity contribution is -0.0501. The summed E-state index contributed by atoms with van der Waals surface area (Å²) in [6.07, 6.45) is 0. The number of carbonyl (C=O) groups excluding carboxylic acids is 1. The molecule has 0 saturated heterocycles. The van der Waals surface area contributed by atoms with E-state index in [4.69, 9.17) is 27.9 Å². The minimum Gasteiger partial charge on any atom is -0.455 e. The third-order valence-corrected chi connectivity index (χ3v) is 5.51. The molecule has 0 aliphatic heterocycles. The van der Waals surface area contributed by atoms with Crippen LogP contribution < -0.4 is 4.18 Å². The van der Waals surface area contributed by atoms with Crippen LogP contribution in [0.5, 0.6) is 5.75 Å². The molecule has 0 atom stereocenters. The quantitative estimate of drug-likeness (QED) is 0.224. The molecule has 0 aliphatic carbocycles. The molecule has 0 fully saturated rings. The van der Waals surface area contributed by atoms with Gasteiger partial charge in [0.15, 0.2) is 11.4 Å². The molecule has 12 heteroatoms. The van der Waals surface area contributed by atoms with E-state index in [1.165, 1.54) is 63.2 Å². The van der Waals surface area contributed by atoms with Gasteiger partial charge in [-0.1, -0.05) is 35.3 Å². The molecule has 6 nitrogen and oxygen atoms in total. The number of halogens is 5. The molecule has 0 radical (unpaired) electrons. The highest BCUT2D eigenvalue weighted by atomic mass is 35.5. The normalized spacial score (nSPS) is 12.6. The number of aromatic nitrogens is 1. The van der Waals surface area contributed by atoms with Crippen LogP contribution >= 0.6 is 23.2 Å². The number of hydrogen-bond donors (Lipinski definition) is 0. The summed E-state index contributed by atoms with van der Waals surface area (Å²) >= 11 is 12.1. The zero-order valence-corrected chi connectivity index (χ0v) is 19.7. The van der Waals surface area contributed by atoms with Crippen molar-refractivity contribution in [2.75, 3.05) is 0 Å². The number of alkyl halides is 3. The third-order valence-electron chi connectivity index (χ3n) is 4.08. The van der Waals surface area contributed by atoms with Gasteiger partial charge >= 0.3 is 21.6 Å². The highest BCUT2D eigenvalue weighted by Gasteiger charge is 2.49. The fourth-order valence-electron chi connectivity index (χ4n) is 2.85. The van der Waals surface area contributed by atoms with Crippen molar-refractivity contribution in [3.63, 3.8) is 0 Å². The second-order valence-electron chi connectivity index (χ2n) is 7.82. The van der Waals surface area contributed by atoms with Gasteiger partial charge in [0.1, 0.15) is 5.60 Å². The molecule has 0 saturated carbocycles. The number of rotatable bonds is 4. The monoisotopic (exact) mass is 521 g/mol. The van der Waals surface area contributed by atoms with Gasteiger partial charge in [0.05, 0.1) is 5.52 Å². The fourth-order valence-corrected chi connectivity index (χ4v) is 3.69. The van der Waals surface area contributed by atoms with Gasteiger partial charge in [-0.2, -0.15) is 21.6 Å². The van der Waals surface area contributed by atoms with Gasteiger partial charge in [-0.25, -0.2) is 9.78 Å². The van der Waals surface area contributed by atoms with Crippen molar-refractivity contribution < 1.29 is 35.3 Å². The maximum atomic E-state index is 13.2. The predicted molar refractivity (Wildman–Crippen MR) is 118 cm³/mol. The maximum Gasteiger partial charge on any atom is 0.534 e. The van der Waals surface area contributed by atoms with E-state index in [9.17, 15) is 26.4 Å². The Kier molecular flexibility index (Phi) is 6.58. The van der Waals surface area contributed by atoms with Crippen LogP contribution in [0.25, 0.3) is 22.0 Å². The van der Waals surface area contributed by atoms with Crippen molar-refractivity contribution in [1.82, 2.24) is 4.98 Å². The minimum absolute atomic E-state index is 0.129. The van der Waals surface area contributed by atoms with Crippen LogP contribution in [0.2, 0.25) is 10.0 Å². The Morgan fingerprint density at radius 3 is 2.21 bits per heavy atom. The number of esters is 1. The minimum atomic E-state index is -6.18. The van der Waals surface area contributed by atoms with Crippen molar-refractivity contribution >= 4 is 50.2 Å². The van der Waals surface area contributed by atoms with E-state index in [1.807, 2.05) is 0 Å². The number of fused-ring (bicyclic) bond motifs is 1. The summed E-state index contributed by atoms with van der Waals surface area (Å²) < 4.78 is 73.3. The molecule has 3 aromatic rings. The van der Waals surface area contributed by atoms with Crippen molar-refractivity contribution in [1.29, 1.82) is 0 Å². The number of carbonyl (C=O) groups is 1. The van der Waals surface area contributed by atoms with Crippen molar-refractivity contribution in [3.05, 3.63) is 58.2 Å². The Morgan fingerprint density at radius 1 is 1.00 bits per heavy atom. The van der Waals surface area contributed by atoms with Crippen LogP contribution in [-0.2, 0) is 14.9 Å². The van der Waals surface area contributed by atoms with E-state index in [0.29, 0.717) is 0 Å². The van der Waals surface area contributed by atoms with Crippen LogP contribution in [0.15, 0.2) is 42.5 Å². The molecule has 0 spiro atoms. The van der Waals surface area contributed by atoms with E-state index in [-0.39, 0.29) is 32.1 Å². The Bertz CT molecular complexity index is 1350. The van der Waals surface area contributed by atoms with E-state index < -0.39 is 38.6 Å². The highest BCUT2D eigenvalue weighted by Crippen LogP contribution is 2.42. The zero-order valence-electron chi connectivity index (χ0n) is 17.3. The second kappa shape index (κ2) is 8.66.